The first-order valence-corrected chi connectivity index (χ1v) is 10.7. The van der Waals surface area contributed by atoms with Crippen LogP contribution in [0.3, 0.4) is 0 Å². The van der Waals surface area contributed by atoms with E-state index in [0.717, 1.165) is 36.8 Å². The van der Waals surface area contributed by atoms with Crippen LogP contribution in [0.1, 0.15) is 55.8 Å². The summed E-state index contributed by atoms with van der Waals surface area (Å²) < 4.78 is 7.40. The number of imidazole rings is 1. The molecule has 1 N–H and O–H groups in total. The highest BCUT2D eigenvalue weighted by molar-refractivity contribution is 5.77. The minimum Gasteiger partial charge on any atom is -0.444 e. The van der Waals surface area contributed by atoms with E-state index < -0.39 is 0 Å². The SMILES string of the molecule is C[C@@H]1OC(=O)N([C@H]2CC[C@H](n3c(=O)[nH]c4cc(C#N)ccc43)CC2)[C@@H]1c1ccccc1. The number of carbonyl (C=O) groups excluding carboxylic acids is 1. The van der Waals surface area contributed by atoms with Gasteiger partial charge < -0.3 is 9.72 Å². The fraction of sp³-hybridized carbons (Fsp3) is 0.375. The highest BCUT2D eigenvalue weighted by Crippen LogP contribution is 2.40. The Kier molecular flexibility index (Phi) is 4.78. The zero-order valence-corrected chi connectivity index (χ0v) is 17.3. The Balaban J connectivity index is 1.38. The molecule has 1 aromatic heterocycles. The lowest BCUT2D eigenvalue weighted by molar-refractivity contribution is 0.121. The van der Waals surface area contributed by atoms with Crippen molar-refractivity contribution in [1.29, 1.82) is 5.26 Å². The van der Waals surface area contributed by atoms with Crippen LogP contribution in [0.4, 0.5) is 4.79 Å². The normalized spacial score (nSPS) is 26.1. The van der Waals surface area contributed by atoms with Crippen LogP contribution in [0.25, 0.3) is 11.0 Å². The standard InChI is InChI=1S/C24H24N4O3/c1-15-22(17-5-3-2-4-6-17)28(24(30)31-15)19-10-8-18(9-11-19)27-21-12-7-16(14-25)13-20(21)26-23(27)29/h2-7,12-13,15,18-19,22H,8-11H2,1H3,(H,26,29)/t15-,18-,19-,22-/m0/s1. The number of H-pyrrole nitrogens is 1. The van der Waals surface area contributed by atoms with Crippen molar-refractivity contribution in [2.24, 2.45) is 0 Å². The van der Waals surface area contributed by atoms with Gasteiger partial charge in [0.1, 0.15) is 6.10 Å². The second kappa shape index (κ2) is 7.62. The second-order valence-electron chi connectivity index (χ2n) is 8.46. The van der Waals surface area contributed by atoms with Crippen LogP contribution in [0.2, 0.25) is 0 Å². The number of nitrogens with one attached hydrogen (secondary N) is 1. The van der Waals surface area contributed by atoms with Crippen molar-refractivity contribution in [3.8, 4) is 6.07 Å². The molecule has 31 heavy (non-hydrogen) atoms. The van der Waals surface area contributed by atoms with Gasteiger partial charge in [-0.2, -0.15) is 5.26 Å². The summed E-state index contributed by atoms with van der Waals surface area (Å²) in [4.78, 5) is 30.1. The predicted octanol–water partition coefficient (Wildman–Crippen LogP) is 4.27. The highest BCUT2D eigenvalue weighted by atomic mass is 16.6. The van der Waals surface area contributed by atoms with Crippen molar-refractivity contribution >= 4 is 17.1 Å². The summed E-state index contributed by atoms with van der Waals surface area (Å²) in [7, 11) is 0. The number of carbonyl (C=O) groups is 1. The Morgan fingerprint density at radius 1 is 1.03 bits per heavy atom. The van der Waals surface area contributed by atoms with Gasteiger partial charge in [-0.15, -0.1) is 0 Å². The van der Waals surface area contributed by atoms with E-state index in [-0.39, 0.29) is 36.0 Å². The molecule has 0 radical (unpaired) electrons. The molecule has 1 aliphatic carbocycles. The first-order chi connectivity index (χ1) is 15.1. The lowest BCUT2D eigenvalue weighted by Gasteiger charge is -2.37. The predicted molar refractivity (Wildman–Crippen MR) is 116 cm³/mol. The highest BCUT2D eigenvalue weighted by Gasteiger charge is 2.44. The molecular weight excluding hydrogens is 392 g/mol. The van der Waals surface area contributed by atoms with Crippen molar-refractivity contribution in [2.75, 3.05) is 0 Å². The minimum absolute atomic E-state index is 0.0663. The van der Waals surface area contributed by atoms with Crippen LogP contribution >= 0.6 is 0 Å². The first kappa shape index (κ1) is 19.4. The van der Waals surface area contributed by atoms with Gasteiger partial charge in [0.15, 0.2) is 0 Å². The number of fused-ring (bicyclic) bond motifs is 1. The molecule has 1 aliphatic heterocycles. The molecule has 1 saturated heterocycles. The van der Waals surface area contributed by atoms with E-state index in [9.17, 15) is 9.59 Å². The van der Waals surface area contributed by atoms with Gasteiger partial charge in [-0.05, 0) is 56.4 Å². The number of cyclic esters (lactones) is 1. The van der Waals surface area contributed by atoms with E-state index in [4.69, 9.17) is 10.00 Å². The number of hydrogen-bond donors (Lipinski definition) is 1. The van der Waals surface area contributed by atoms with E-state index in [1.165, 1.54) is 0 Å². The zero-order chi connectivity index (χ0) is 21.5. The quantitative estimate of drug-likeness (QED) is 0.690. The molecule has 0 bridgehead atoms. The number of rotatable bonds is 3. The largest absolute Gasteiger partial charge is 0.444 e. The van der Waals surface area contributed by atoms with E-state index in [0.29, 0.717) is 11.1 Å². The topological polar surface area (TPSA) is 91.1 Å². The molecule has 1 saturated carbocycles. The summed E-state index contributed by atoms with van der Waals surface area (Å²) in [6.07, 6.45) is 2.78. The third kappa shape index (κ3) is 3.28. The van der Waals surface area contributed by atoms with Gasteiger partial charge in [-0.1, -0.05) is 30.3 Å². The molecule has 2 heterocycles. The number of nitrogens with zero attached hydrogens (tertiary/aromatic N) is 3. The number of amides is 1. The third-order valence-corrected chi connectivity index (χ3v) is 6.65. The lowest BCUT2D eigenvalue weighted by atomic mass is 9.88. The third-order valence-electron chi connectivity index (χ3n) is 6.65. The summed E-state index contributed by atoms with van der Waals surface area (Å²) in [5.41, 5.74) is 2.98. The number of aromatic amines is 1. The Labute approximate surface area is 179 Å². The Bertz CT molecular complexity index is 1220. The fourth-order valence-electron chi connectivity index (χ4n) is 5.24. The average molecular weight is 416 g/mol. The molecule has 0 unspecified atom stereocenters. The minimum atomic E-state index is -0.252. The summed E-state index contributed by atoms with van der Waals surface area (Å²) in [5.74, 6) is 0. The molecule has 3 aromatic rings. The zero-order valence-electron chi connectivity index (χ0n) is 17.3. The summed E-state index contributed by atoms with van der Waals surface area (Å²) >= 11 is 0. The number of benzene rings is 2. The van der Waals surface area contributed by atoms with Crippen LogP contribution in [0.15, 0.2) is 53.3 Å². The monoisotopic (exact) mass is 416 g/mol. The van der Waals surface area contributed by atoms with Gasteiger partial charge >= 0.3 is 11.8 Å². The van der Waals surface area contributed by atoms with E-state index >= 15 is 0 Å². The van der Waals surface area contributed by atoms with Gasteiger partial charge in [-0.3, -0.25) is 9.47 Å². The molecule has 2 atom stereocenters. The molecule has 2 aromatic carbocycles. The van der Waals surface area contributed by atoms with Gasteiger partial charge in [-0.25, -0.2) is 9.59 Å². The molecule has 2 fully saturated rings. The summed E-state index contributed by atoms with van der Waals surface area (Å²) in [6.45, 7) is 1.95. The molecular formula is C24H24N4O3. The van der Waals surface area contributed by atoms with Crippen LogP contribution < -0.4 is 5.69 Å². The average Bonchev–Trinajstić information content (AvgIpc) is 3.28. The Morgan fingerprint density at radius 2 is 1.74 bits per heavy atom. The first-order valence-electron chi connectivity index (χ1n) is 10.7. The molecule has 7 heteroatoms. The van der Waals surface area contributed by atoms with Gasteiger partial charge in [0.25, 0.3) is 0 Å². The van der Waals surface area contributed by atoms with E-state index in [1.807, 2.05) is 52.8 Å². The van der Waals surface area contributed by atoms with Crippen molar-refractivity contribution in [2.45, 2.75) is 56.8 Å². The molecule has 7 nitrogen and oxygen atoms in total. The van der Waals surface area contributed by atoms with Crippen molar-refractivity contribution in [1.82, 2.24) is 14.5 Å². The van der Waals surface area contributed by atoms with Crippen LogP contribution in [0, 0.1) is 11.3 Å². The molecule has 158 valence electrons. The van der Waals surface area contributed by atoms with Crippen molar-refractivity contribution in [3.05, 3.63) is 70.1 Å². The summed E-state index contributed by atoms with van der Waals surface area (Å²) in [6, 6.07) is 17.5. The van der Waals surface area contributed by atoms with Gasteiger partial charge in [0.2, 0.25) is 0 Å². The maximum absolute atomic E-state index is 12.7. The number of hydrogen-bond acceptors (Lipinski definition) is 4. The smallest absolute Gasteiger partial charge is 0.411 e. The molecule has 1 amide bonds. The Morgan fingerprint density at radius 3 is 2.45 bits per heavy atom. The van der Waals surface area contributed by atoms with Crippen molar-refractivity contribution in [3.63, 3.8) is 0 Å². The van der Waals surface area contributed by atoms with E-state index in [2.05, 4.69) is 11.1 Å². The summed E-state index contributed by atoms with van der Waals surface area (Å²) in [5, 5.41) is 9.11. The van der Waals surface area contributed by atoms with Gasteiger partial charge in [0, 0.05) is 12.1 Å². The maximum atomic E-state index is 12.7. The fourth-order valence-corrected chi connectivity index (χ4v) is 5.24. The maximum Gasteiger partial charge on any atom is 0.411 e. The van der Waals surface area contributed by atoms with Crippen LogP contribution in [0.5, 0.6) is 0 Å². The number of nitriles is 1. The molecule has 5 rings (SSSR count). The van der Waals surface area contributed by atoms with Crippen LogP contribution in [-0.2, 0) is 4.74 Å². The van der Waals surface area contributed by atoms with E-state index in [1.54, 1.807) is 12.1 Å². The molecule has 0 spiro atoms. The van der Waals surface area contributed by atoms with Gasteiger partial charge in [0.05, 0.1) is 28.7 Å². The van der Waals surface area contributed by atoms with Crippen LogP contribution in [-0.4, -0.2) is 32.7 Å². The van der Waals surface area contributed by atoms with Crippen molar-refractivity contribution < 1.29 is 9.53 Å². The molecule has 2 aliphatic rings. The number of aromatic nitrogens is 2. The Hall–Kier alpha value is -3.53. The second-order valence-corrected chi connectivity index (χ2v) is 8.46. The number of ether oxygens (including phenoxy) is 1. The lowest BCUT2D eigenvalue weighted by Crippen LogP contribution is -2.41.